The molecule has 0 spiro atoms. The minimum Gasteiger partial charge on any atom is -0.469 e. The van der Waals surface area contributed by atoms with Gasteiger partial charge in [0.1, 0.15) is 5.60 Å². The van der Waals surface area contributed by atoms with E-state index < -0.39 is 11.1 Å². The Hall–Kier alpha value is -1.30. The highest BCUT2D eigenvalue weighted by Crippen LogP contribution is 2.22. The number of methoxy groups -OCH3 is 1. The average molecular weight is 286 g/mol. The van der Waals surface area contributed by atoms with Crippen LogP contribution in [0.5, 0.6) is 0 Å². The Bertz CT molecular complexity index is 365. The van der Waals surface area contributed by atoms with Gasteiger partial charge in [-0.3, -0.25) is 4.79 Å². The maximum absolute atomic E-state index is 12.1. The van der Waals surface area contributed by atoms with Gasteiger partial charge in [0.2, 0.25) is 0 Å². The van der Waals surface area contributed by atoms with Crippen LogP contribution in [-0.2, 0) is 14.3 Å². The van der Waals surface area contributed by atoms with Crippen molar-refractivity contribution in [3.63, 3.8) is 0 Å². The monoisotopic (exact) mass is 286 g/mol. The SMILES string of the molecule is CCC1(CC(=O)OC)CN(C(=O)OC(C)(C)C)CCN1. The lowest BCUT2D eigenvalue weighted by Gasteiger charge is -2.43. The van der Waals surface area contributed by atoms with E-state index in [1.54, 1.807) is 4.90 Å². The molecule has 1 fully saturated rings. The molecule has 0 aromatic rings. The summed E-state index contributed by atoms with van der Waals surface area (Å²) in [6.45, 7) is 9.20. The Balaban J connectivity index is 2.73. The van der Waals surface area contributed by atoms with Crippen LogP contribution in [0.25, 0.3) is 0 Å². The van der Waals surface area contributed by atoms with Crippen LogP contribution < -0.4 is 5.32 Å². The molecule has 20 heavy (non-hydrogen) atoms. The van der Waals surface area contributed by atoms with E-state index in [0.717, 1.165) is 6.42 Å². The summed E-state index contributed by atoms with van der Waals surface area (Å²) in [4.78, 5) is 25.3. The summed E-state index contributed by atoms with van der Waals surface area (Å²) >= 11 is 0. The van der Waals surface area contributed by atoms with E-state index in [4.69, 9.17) is 9.47 Å². The zero-order valence-corrected chi connectivity index (χ0v) is 13.1. The molecule has 1 aliphatic heterocycles. The van der Waals surface area contributed by atoms with Gasteiger partial charge in [0.25, 0.3) is 0 Å². The first-order chi connectivity index (χ1) is 9.21. The summed E-state index contributed by atoms with van der Waals surface area (Å²) in [6, 6.07) is 0. The third-order valence-corrected chi connectivity index (χ3v) is 3.41. The molecule has 1 rings (SSSR count). The smallest absolute Gasteiger partial charge is 0.410 e. The second-order valence-electron chi connectivity index (χ2n) is 6.22. The Kier molecular flexibility index (Phi) is 5.39. The summed E-state index contributed by atoms with van der Waals surface area (Å²) in [7, 11) is 1.38. The third kappa shape index (κ3) is 4.67. The standard InChI is InChI=1S/C14H26N2O4/c1-6-14(9-11(17)19-5)10-16(8-7-15-14)12(18)20-13(2,3)4/h15H,6-10H2,1-5H3. The predicted molar refractivity (Wildman–Crippen MR) is 75.5 cm³/mol. The van der Waals surface area contributed by atoms with E-state index in [-0.39, 0.29) is 18.5 Å². The van der Waals surface area contributed by atoms with Crippen LogP contribution in [0.15, 0.2) is 0 Å². The average Bonchev–Trinajstić information content (AvgIpc) is 2.37. The van der Waals surface area contributed by atoms with E-state index in [0.29, 0.717) is 19.6 Å². The van der Waals surface area contributed by atoms with Crippen molar-refractivity contribution in [2.45, 2.75) is 51.7 Å². The van der Waals surface area contributed by atoms with Crippen molar-refractivity contribution in [2.24, 2.45) is 0 Å². The van der Waals surface area contributed by atoms with Gasteiger partial charge in [-0.05, 0) is 27.2 Å². The lowest BCUT2D eigenvalue weighted by molar-refractivity contribution is -0.143. The number of nitrogens with zero attached hydrogens (tertiary/aromatic N) is 1. The fraction of sp³-hybridized carbons (Fsp3) is 0.857. The van der Waals surface area contributed by atoms with E-state index in [1.807, 2.05) is 27.7 Å². The molecule has 1 atom stereocenters. The van der Waals surface area contributed by atoms with Crippen molar-refractivity contribution >= 4 is 12.1 Å². The van der Waals surface area contributed by atoms with Gasteiger partial charge in [0.05, 0.1) is 13.5 Å². The van der Waals surface area contributed by atoms with Gasteiger partial charge in [0, 0.05) is 25.2 Å². The summed E-state index contributed by atoms with van der Waals surface area (Å²) in [5.74, 6) is -0.273. The molecule has 1 unspecified atom stereocenters. The van der Waals surface area contributed by atoms with Crippen LogP contribution in [0.3, 0.4) is 0 Å². The number of ether oxygens (including phenoxy) is 2. The van der Waals surface area contributed by atoms with Crippen molar-refractivity contribution in [3.8, 4) is 0 Å². The fourth-order valence-electron chi connectivity index (χ4n) is 2.27. The number of hydrogen-bond acceptors (Lipinski definition) is 5. The molecular weight excluding hydrogens is 260 g/mol. The lowest BCUT2D eigenvalue weighted by atomic mass is 9.89. The topological polar surface area (TPSA) is 67.9 Å². The number of amides is 1. The van der Waals surface area contributed by atoms with Crippen LogP contribution in [0.2, 0.25) is 0 Å². The van der Waals surface area contributed by atoms with Crippen LogP contribution in [0.4, 0.5) is 4.79 Å². The Labute approximate surface area is 120 Å². The van der Waals surface area contributed by atoms with E-state index in [1.165, 1.54) is 7.11 Å². The molecule has 116 valence electrons. The number of carbonyl (C=O) groups excluding carboxylic acids is 2. The number of carbonyl (C=O) groups is 2. The Morgan fingerprint density at radius 1 is 1.35 bits per heavy atom. The van der Waals surface area contributed by atoms with Crippen molar-refractivity contribution < 1.29 is 19.1 Å². The first-order valence-electron chi connectivity index (χ1n) is 7.01. The van der Waals surface area contributed by atoms with Gasteiger partial charge < -0.3 is 19.7 Å². The zero-order chi connectivity index (χ0) is 15.4. The van der Waals surface area contributed by atoms with Crippen molar-refractivity contribution in [3.05, 3.63) is 0 Å². The second kappa shape index (κ2) is 6.43. The summed E-state index contributed by atoms with van der Waals surface area (Å²) in [6.07, 6.45) is 0.655. The summed E-state index contributed by atoms with van der Waals surface area (Å²) in [5.41, 5.74) is -0.943. The normalized spacial score (nSPS) is 23.4. The second-order valence-corrected chi connectivity index (χ2v) is 6.22. The first-order valence-corrected chi connectivity index (χ1v) is 7.01. The molecule has 0 aromatic carbocycles. The molecule has 0 radical (unpaired) electrons. The van der Waals surface area contributed by atoms with Crippen molar-refractivity contribution in [1.29, 1.82) is 0 Å². The highest BCUT2D eigenvalue weighted by molar-refractivity contribution is 5.72. The maximum atomic E-state index is 12.1. The van der Waals surface area contributed by atoms with Gasteiger partial charge in [-0.1, -0.05) is 6.92 Å². The number of nitrogens with one attached hydrogen (secondary N) is 1. The largest absolute Gasteiger partial charge is 0.469 e. The quantitative estimate of drug-likeness (QED) is 0.797. The molecular formula is C14H26N2O4. The van der Waals surface area contributed by atoms with Gasteiger partial charge in [-0.2, -0.15) is 0 Å². The molecule has 6 heteroatoms. The van der Waals surface area contributed by atoms with Crippen LogP contribution >= 0.6 is 0 Å². The molecule has 0 bridgehead atoms. The molecule has 6 nitrogen and oxygen atoms in total. The molecule has 1 heterocycles. The predicted octanol–water partition coefficient (Wildman–Crippen LogP) is 1.54. The van der Waals surface area contributed by atoms with Gasteiger partial charge in [-0.15, -0.1) is 0 Å². The highest BCUT2D eigenvalue weighted by atomic mass is 16.6. The number of hydrogen-bond donors (Lipinski definition) is 1. The summed E-state index contributed by atoms with van der Waals surface area (Å²) < 4.78 is 10.1. The molecule has 1 amide bonds. The summed E-state index contributed by atoms with van der Waals surface area (Å²) in [5, 5.41) is 3.34. The molecule has 0 saturated carbocycles. The van der Waals surface area contributed by atoms with Crippen molar-refractivity contribution in [1.82, 2.24) is 10.2 Å². The third-order valence-electron chi connectivity index (χ3n) is 3.41. The molecule has 1 saturated heterocycles. The highest BCUT2D eigenvalue weighted by Gasteiger charge is 2.38. The first kappa shape index (κ1) is 16.8. The van der Waals surface area contributed by atoms with Crippen LogP contribution in [0.1, 0.15) is 40.5 Å². The van der Waals surface area contributed by atoms with Crippen molar-refractivity contribution in [2.75, 3.05) is 26.7 Å². The fourth-order valence-corrected chi connectivity index (χ4v) is 2.27. The minimum absolute atomic E-state index is 0.249. The minimum atomic E-state index is -0.515. The number of esters is 1. The molecule has 1 aliphatic rings. The molecule has 0 aliphatic carbocycles. The van der Waals surface area contributed by atoms with E-state index in [9.17, 15) is 9.59 Å². The Morgan fingerprint density at radius 2 is 2.00 bits per heavy atom. The zero-order valence-electron chi connectivity index (χ0n) is 13.1. The van der Waals surface area contributed by atoms with E-state index >= 15 is 0 Å². The van der Waals surface area contributed by atoms with Gasteiger partial charge in [-0.25, -0.2) is 4.79 Å². The molecule has 0 aromatic heterocycles. The van der Waals surface area contributed by atoms with Gasteiger partial charge in [0.15, 0.2) is 0 Å². The molecule has 1 N–H and O–H groups in total. The lowest BCUT2D eigenvalue weighted by Crippen LogP contribution is -2.62. The van der Waals surface area contributed by atoms with E-state index in [2.05, 4.69) is 5.32 Å². The Morgan fingerprint density at radius 3 is 2.50 bits per heavy atom. The maximum Gasteiger partial charge on any atom is 0.410 e. The number of rotatable bonds is 3. The number of piperazine rings is 1. The van der Waals surface area contributed by atoms with Crippen LogP contribution in [-0.4, -0.2) is 54.8 Å². The van der Waals surface area contributed by atoms with Crippen LogP contribution in [0, 0.1) is 0 Å². The van der Waals surface area contributed by atoms with Gasteiger partial charge >= 0.3 is 12.1 Å².